The third kappa shape index (κ3) is 5.94. The van der Waals surface area contributed by atoms with E-state index < -0.39 is 0 Å². The number of pyridine rings is 1. The van der Waals surface area contributed by atoms with E-state index in [1.165, 1.54) is 16.9 Å². The molecule has 0 bridgehead atoms. The molecule has 1 saturated heterocycles. The quantitative estimate of drug-likeness (QED) is 0.549. The van der Waals surface area contributed by atoms with Crippen LogP contribution in [-0.2, 0) is 11.8 Å². The molecule has 0 spiro atoms. The molecule has 0 saturated carbocycles. The molecule has 0 N–H and O–H groups in total. The van der Waals surface area contributed by atoms with Gasteiger partial charge in [-0.2, -0.15) is 12.6 Å². The van der Waals surface area contributed by atoms with Gasteiger partial charge in [0.25, 0.3) is 0 Å². The molecule has 1 aromatic heterocycles. The Hall–Kier alpha value is -2.11. The molecule has 0 atom stereocenters. The maximum absolute atomic E-state index is 11.4. The van der Waals surface area contributed by atoms with Crippen molar-refractivity contribution in [2.75, 3.05) is 43.4 Å². The number of piperazine rings is 1. The minimum Gasteiger partial charge on any atom is -0.369 e. The number of Topliss-reactive ketones (excluding diaryl/α,β-unsaturated/α-hetero) is 1. The number of hydrogen-bond donors (Lipinski definition) is 1. The van der Waals surface area contributed by atoms with Gasteiger partial charge in [-0.3, -0.25) is 9.69 Å². The molecule has 1 aliphatic heterocycles. The van der Waals surface area contributed by atoms with Gasteiger partial charge in [0.05, 0.1) is 0 Å². The minimum atomic E-state index is 0.247. The first-order valence-electron chi connectivity index (χ1n) is 9.98. The van der Waals surface area contributed by atoms with E-state index in [-0.39, 0.29) is 5.78 Å². The summed E-state index contributed by atoms with van der Waals surface area (Å²) in [6, 6.07) is 15.0. The molecule has 148 valence electrons. The molecule has 0 unspecified atom stereocenters. The van der Waals surface area contributed by atoms with Crippen molar-refractivity contribution in [3.05, 3.63) is 59.9 Å². The molecule has 3 rings (SSSR count). The number of benzene rings is 1. The van der Waals surface area contributed by atoms with Crippen LogP contribution in [0.15, 0.2) is 48.7 Å². The molecular weight excluding hydrogens is 366 g/mol. The fourth-order valence-electron chi connectivity index (χ4n) is 3.50. The number of nitrogens with zero attached hydrogens (tertiary/aromatic N) is 3. The molecule has 1 aromatic carbocycles. The Morgan fingerprint density at radius 3 is 2.50 bits per heavy atom. The zero-order chi connectivity index (χ0) is 19.8. The third-order valence-electron chi connectivity index (χ3n) is 5.28. The Morgan fingerprint density at radius 2 is 1.82 bits per heavy atom. The minimum absolute atomic E-state index is 0.247. The van der Waals surface area contributed by atoms with Crippen molar-refractivity contribution in [3.8, 4) is 0 Å². The monoisotopic (exact) mass is 396 g/mol. The Balaban J connectivity index is 1.48. The highest BCUT2D eigenvalue weighted by Crippen LogP contribution is 2.18. The number of carbonyl (C=O) groups is 1. The maximum Gasteiger partial charge on any atom is 0.204 e. The van der Waals surface area contributed by atoms with Crippen LogP contribution in [0.4, 0.5) is 5.69 Å². The zero-order valence-electron chi connectivity index (χ0n) is 16.6. The van der Waals surface area contributed by atoms with E-state index in [1.807, 2.05) is 6.07 Å². The van der Waals surface area contributed by atoms with Gasteiger partial charge in [0, 0.05) is 62.2 Å². The number of thiol groups is 1. The molecule has 0 amide bonds. The first-order chi connectivity index (χ1) is 13.7. The standard InChI is InChI=1S/C23H29N3OS/c1-24-13-3-2-5-21(24)10-7-20-8-11-22(12-9-20)26-17-15-25(16-18-26)14-4-6-23(27)19-28/h2-3,5,7-13H,4,6,14-19H2,1H3/p+1. The van der Waals surface area contributed by atoms with Crippen LogP contribution in [0.1, 0.15) is 24.1 Å². The van der Waals surface area contributed by atoms with Gasteiger partial charge < -0.3 is 4.90 Å². The van der Waals surface area contributed by atoms with Gasteiger partial charge in [-0.15, -0.1) is 0 Å². The zero-order valence-corrected chi connectivity index (χ0v) is 17.5. The molecule has 1 fully saturated rings. The highest BCUT2D eigenvalue weighted by atomic mass is 32.1. The van der Waals surface area contributed by atoms with Crippen molar-refractivity contribution in [1.82, 2.24) is 4.90 Å². The van der Waals surface area contributed by atoms with E-state index in [1.54, 1.807) is 0 Å². The smallest absolute Gasteiger partial charge is 0.204 e. The van der Waals surface area contributed by atoms with Crippen LogP contribution >= 0.6 is 12.6 Å². The van der Waals surface area contributed by atoms with Gasteiger partial charge in [-0.05, 0) is 42.8 Å². The van der Waals surface area contributed by atoms with Crippen molar-refractivity contribution in [3.63, 3.8) is 0 Å². The van der Waals surface area contributed by atoms with Crippen molar-refractivity contribution < 1.29 is 9.36 Å². The Bertz CT molecular complexity index is 796. The summed E-state index contributed by atoms with van der Waals surface area (Å²) < 4.78 is 2.11. The van der Waals surface area contributed by atoms with Gasteiger partial charge in [0.15, 0.2) is 6.20 Å². The van der Waals surface area contributed by atoms with Gasteiger partial charge in [0.1, 0.15) is 12.8 Å². The second-order valence-corrected chi connectivity index (χ2v) is 7.61. The van der Waals surface area contributed by atoms with Crippen LogP contribution in [-0.4, -0.2) is 49.2 Å². The lowest BCUT2D eigenvalue weighted by atomic mass is 10.1. The van der Waals surface area contributed by atoms with Gasteiger partial charge in [0.2, 0.25) is 5.69 Å². The molecule has 0 radical (unpaired) electrons. The molecule has 28 heavy (non-hydrogen) atoms. The van der Waals surface area contributed by atoms with Crippen molar-refractivity contribution >= 4 is 36.3 Å². The largest absolute Gasteiger partial charge is 0.369 e. The number of aryl methyl sites for hydroxylation is 1. The van der Waals surface area contributed by atoms with Gasteiger partial charge in [-0.1, -0.05) is 12.1 Å². The maximum atomic E-state index is 11.4. The summed E-state index contributed by atoms with van der Waals surface area (Å²) in [5.74, 6) is 0.611. The SMILES string of the molecule is C[n+]1ccccc1/C=C/c1ccc(N2CCN(CCCC(=O)CS)CC2)cc1. The molecule has 1 aliphatic rings. The van der Waals surface area contributed by atoms with Crippen molar-refractivity contribution in [2.45, 2.75) is 12.8 Å². The normalized spacial score (nSPS) is 15.3. The summed E-state index contributed by atoms with van der Waals surface area (Å²) in [6.07, 6.45) is 7.95. The fraction of sp³-hybridized carbons (Fsp3) is 0.391. The molecule has 2 aromatic rings. The Morgan fingerprint density at radius 1 is 1.07 bits per heavy atom. The van der Waals surface area contributed by atoms with Crippen molar-refractivity contribution in [2.24, 2.45) is 7.05 Å². The van der Waals surface area contributed by atoms with Crippen LogP contribution in [0.2, 0.25) is 0 Å². The highest BCUT2D eigenvalue weighted by molar-refractivity contribution is 7.81. The number of ketones is 1. The lowest BCUT2D eigenvalue weighted by molar-refractivity contribution is -0.673. The number of aromatic nitrogens is 1. The highest BCUT2D eigenvalue weighted by Gasteiger charge is 2.17. The van der Waals surface area contributed by atoms with Gasteiger partial charge >= 0.3 is 0 Å². The first kappa shape index (κ1) is 20.6. The number of anilines is 1. The van der Waals surface area contributed by atoms with Crippen LogP contribution in [0, 0.1) is 0 Å². The summed E-state index contributed by atoms with van der Waals surface area (Å²) >= 11 is 4.04. The van der Waals surface area contributed by atoms with Crippen LogP contribution in [0.5, 0.6) is 0 Å². The van der Waals surface area contributed by atoms with E-state index in [4.69, 9.17) is 0 Å². The average molecular weight is 397 g/mol. The second kappa shape index (κ2) is 10.4. The van der Waals surface area contributed by atoms with Crippen LogP contribution in [0.3, 0.4) is 0 Å². The first-order valence-corrected chi connectivity index (χ1v) is 10.6. The lowest BCUT2D eigenvalue weighted by Gasteiger charge is -2.36. The fourth-order valence-corrected chi connectivity index (χ4v) is 3.65. The van der Waals surface area contributed by atoms with E-state index in [0.717, 1.165) is 39.1 Å². The average Bonchev–Trinajstić information content (AvgIpc) is 2.74. The van der Waals surface area contributed by atoms with Gasteiger partial charge in [-0.25, -0.2) is 4.57 Å². The second-order valence-electron chi connectivity index (χ2n) is 7.29. The summed E-state index contributed by atoms with van der Waals surface area (Å²) in [6.45, 7) is 5.20. The van der Waals surface area contributed by atoms with Crippen molar-refractivity contribution in [1.29, 1.82) is 0 Å². The van der Waals surface area contributed by atoms with E-state index >= 15 is 0 Å². The van der Waals surface area contributed by atoms with E-state index in [9.17, 15) is 4.79 Å². The number of carbonyl (C=O) groups excluding carboxylic acids is 1. The third-order valence-corrected chi connectivity index (χ3v) is 5.63. The molecule has 0 aliphatic carbocycles. The van der Waals surface area contributed by atoms with Crippen LogP contribution < -0.4 is 9.47 Å². The molecule has 5 heteroatoms. The lowest BCUT2D eigenvalue weighted by Crippen LogP contribution is -2.46. The summed E-state index contributed by atoms with van der Waals surface area (Å²) in [5, 5.41) is 0. The predicted molar refractivity (Wildman–Crippen MR) is 120 cm³/mol. The summed E-state index contributed by atoms with van der Waals surface area (Å²) in [5.41, 5.74) is 3.67. The summed E-state index contributed by atoms with van der Waals surface area (Å²) in [4.78, 5) is 16.3. The molecule has 2 heterocycles. The molecule has 4 nitrogen and oxygen atoms in total. The van der Waals surface area contributed by atoms with E-state index in [0.29, 0.717) is 12.2 Å². The summed E-state index contributed by atoms with van der Waals surface area (Å²) in [7, 11) is 2.06. The molecular formula is C23H30N3OS+. The topological polar surface area (TPSA) is 27.4 Å². The van der Waals surface area contributed by atoms with E-state index in [2.05, 4.69) is 88.8 Å². The Labute approximate surface area is 173 Å². The van der Waals surface area contributed by atoms with Crippen LogP contribution in [0.25, 0.3) is 12.2 Å². The number of rotatable bonds is 8. The Kier molecular flexibility index (Phi) is 7.69. The number of hydrogen-bond acceptors (Lipinski definition) is 4. The predicted octanol–water partition coefficient (Wildman–Crippen LogP) is 3.08.